The fourth-order valence-electron chi connectivity index (χ4n) is 2.76. The number of rotatable bonds is 6. The number of nitrogens with one attached hydrogen (secondary N) is 1. The first-order valence-corrected chi connectivity index (χ1v) is 6.90. The minimum absolute atomic E-state index is 0.671. The lowest BCUT2D eigenvalue weighted by molar-refractivity contribution is 0.261. The summed E-state index contributed by atoms with van der Waals surface area (Å²) >= 11 is 0. The van der Waals surface area contributed by atoms with Gasteiger partial charge in [0.15, 0.2) is 0 Å². The second kappa shape index (κ2) is 6.06. The summed E-state index contributed by atoms with van der Waals surface area (Å²) in [7, 11) is 0. The fraction of sp³-hybridized carbons (Fsp3) is 0.600. The second-order valence-electron chi connectivity index (χ2n) is 4.97. The van der Waals surface area contributed by atoms with E-state index in [1.54, 1.807) is 0 Å². The minimum atomic E-state index is 0.671. The molecule has 0 amide bonds. The fourth-order valence-corrected chi connectivity index (χ4v) is 2.76. The molecule has 1 heterocycles. The maximum absolute atomic E-state index is 3.51. The molecule has 1 aliphatic heterocycles. The molecule has 1 N–H and O–H groups in total. The number of para-hydroxylation sites is 1. The molecule has 2 heteroatoms. The molecule has 0 aliphatic carbocycles. The Hall–Kier alpha value is -1.02. The van der Waals surface area contributed by atoms with E-state index in [9.17, 15) is 0 Å². The number of anilines is 1. The van der Waals surface area contributed by atoms with Gasteiger partial charge in [0.2, 0.25) is 0 Å². The lowest BCUT2D eigenvalue weighted by Crippen LogP contribution is -2.30. The highest BCUT2D eigenvalue weighted by atomic mass is 15.1. The third kappa shape index (κ3) is 3.01. The van der Waals surface area contributed by atoms with E-state index < -0.39 is 0 Å². The van der Waals surface area contributed by atoms with Gasteiger partial charge in [0.25, 0.3) is 0 Å². The molecule has 1 aromatic carbocycles. The molecule has 1 atom stereocenters. The molecular weight excluding hydrogens is 208 g/mol. The lowest BCUT2D eigenvalue weighted by Gasteiger charge is -2.24. The molecule has 0 bridgehead atoms. The van der Waals surface area contributed by atoms with E-state index in [0.29, 0.717) is 5.92 Å². The van der Waals surface area contributed by atoms with Crippen LogP contribution < -0.4 is 5.32 Å². The van der Waals surface area contributed by atoms with Crippen LogP contribution in [0.5, 0.6) is 0 Å². The van der Waals surface area contributed by atoms with Crippen LogP contribution in [0, 0.1) is 0 Å². The van der Waals surface area contributed by atoms with Crippen molar-refractivity contribution in [2.45, 2.75) is 32.6 Å². The average Bonchev–Trinajstić information content (AvgIpc) is 2.74. The van der Waals surface area contributed by atoms with Crippen molar-refractivity contribution in [3.05, 3.63) is 29.8 Å². The zero-order valence-corrected chi connectivity index (χ0v) is 11.1. The smallest absolute Gasteiger partial charge is 0.0376 e. The van der Waals surface area contributed by atoms with Gasteiger partial charge in [-0.3, -0.25) is 0 Å². The van der Waals surface area contributed by atoms with Gasteiger partial charge in [-0.25, -0.2) is 0 Å². The van der Waals surface area contributed by atoms with E-state index >= 15 is 0 Å². The van der Waals surface area contributed by atoms with Crippen molar-refractivity contribution in [2.75, 3.05) is 31.5 Å². The molecule has 0 radical (unpaired) electrons. The molecule has 0 aromatic heterocycles. The summed E-state index contributed by atoms with van der Waals surface area (Å²) in [5, 5.41) is 3.51. The number of nitrogens with zero attached hydrogens (tertiary/aromatic N) is 1. The van der Waals surface area contributed by atoms with Crippen LogP contribution in [0.1, 0.15) is 38.2 Å². The van der Waals surface area contributed by atoms with Gasteiger partial charge in [0, 0.05) is 24.7 Å². The molecule has 0 saturated carbocycles. The first-order chi connectivity index (χ1) is 8.35. The molecule has 1 aromatic rings. The monoisotopic (exact) mass is 232 g/mol. The molecule has 1 unspecified atom stereocenters. The second-order valence-corrected chi connectivity index (χ2v) is 4.97. The zero-order chi connectivity index (χ0) is 12.1. The number of hydrogen-bond acceptors (Lipinski definition) is 2. The van der Waals surface area contributed by atoms with Gasteiger partial charge in [-0.05, 0) is 37.6 Å². The molecule has 0 spiro atoms. The quantitative estimate of drug-likeness (QED) is 0.809. The molecule has 17 heavy (non-hydrogen) atoms. The van der Waals surface area contributed by atoms with E-state index in [4.69, 9.17) is 0 Å². The van der Waals surface area contributed by atoms with Crippen molar-refractivity contribution in [1.29, 1.82) is 0 Å². The van der Waals surface area contributed by atoms with Gasteiger partial charge in [-0.15, -0.1) is 0 Å². The van der Waals surface area contributed by atoms with E-state index in [1.165, 1.54) is 43.7 Å². The molecule has 2 nitrogen and oxygen atoms in total. The maximum Gasteiger partial charge on any atom is 0.0376 e. The summed E-state index contributed by atoms with van der Waals surface area (Å²) in [5.74, 6) is 0.671. The maximum atomic E-state index is 3.51. The summed E-state index contributed by atoms with van der Waals surface area (Å²) in [5.41, 5.74) is 2.84. The summed E-state index contributed by atoms with van der Waals surface area (Å²) in [6.45, 7) is 9.29. The molecule has 0 saturated heterocycles. The van der Waals surface area contributed by atoms with Crippen molar-refractivity contribution in [3.8, 4) is 0 Å². The normalized spacial score (nSPS) is 18.2. The van der Waals surface area contributed by atoms with Crippen LogP contribution in [0.4, 0.5) is 5.69 Å². The first-order valence-electron chi connectivity index (χ1n) is 6.90. The predicted octanol–water partition coefficient (Wildman–Crippen LogP) is 3.32. The largest absolute Gasteiger partial charge is 0.384 e. The van der Waals surface area contributed by atoms with Crippen molar-refractivity contribution in [3.63, 3.8) is 0 Å². The van der Waals surface area contributed by atoms with Crippen LogP contribution in [0.15, 0.2) is 24.3 Å². The van der Waals surface area contributed by atoms with Crippen molar-refractivity contribution in [1.82, 2.24) is 4.90 Å². The summed E-state index contributed by atoms with van der Waals surface area (Å²) < 4.78 is 0. The van der Waals surface area contributed by atoms with Gasteiger partial charge in [-0.1, -0.05) is 32.0 Å². The molecule has 94 valence electrons. The third-order valence-corrected chi connectivity index (χ3v) is 3.50. The Morgan fingerprint density at radius 2 is 1.88 bits per heavy atom. The first kappa shape index (κ1) is 12.4. The Balaban J connectivity index is 1.99. The number of fused-ring (bicyclic) bond motifs is 1. The van der Waals surface area contributed by atoms with Crippen molar-refractivity contribution in [2.24, 2.45) is 0 Å². The Morgan fingerprint density at radius 1 is 1.18 bits per heavy atom. The van der Waals surface area contributed by atoms with Crippen LogP contribution >= 0.6 is 0 Å². The topological polar surface area (TPSA) is 15.3 Å². The summed E-state index contributed by atoms with van der Waals surface area (Å²) in [4.78, 5) is 2.61. The molecule has 0 fully saturated rings. The van der Waals surface area contributed by atoms with E-state index in [0.717, 1.165) is 6.54 Å². The Labute approximate surface area is 105 Å². The van der Waals surface area contributed by atoms with Crippen LogP contribution in [-0.4, -0.2) is 31.1 Å². The minimum Gasteiger partial charge on any atom is -0.384 e. The van der Waals surface area contributed by atoms with Gasteiger partial charge in [0.05, 0.1) is 0 Å². The van der Waals surface area contributed by atoms with Crippen LogP contribution in [0.25, 0.3) is 0 Å². The van der Waals surface area contributed by atoms with E-state index in [2.05, 4.69) is 48.3 Å². The lowest BCUT2D eigenvalue weighted by atomic mass is 10.0. The van der Waals surface area contributed by atoms with Gasteiger partial charge < -0.3 is 10.2 Å². The van der Waals surface area contributed by atoms with Gasteiger partial charge >= 0.3 is 0 Å². The summed E-state index contributed by atoms with van der Waals surface area (Å²) in [6.07, 6.45) is 2.50. The van der Waals surface area contributed by atoms with E-state index in [1.807, 2.05) is 0 Å². The Bertz CT molecular complexity index is 343. The SMILES string of the molecule is CCCN(CCC)CC1CNc2ccccc21. The Kier molecular flexibility index (Phi) is 4.43. The van der Waals surface area contributed by atoms with Crippen LogP contribution in [0.3, 0.4) is 0 Å². The number of hydrogen-bond donors (Lipinski definition) is 1. The van der Waals surface area contributed by atoms with E-state index in [-0.39, 0.29) is 0 Å². The number of benzene rings is 1. The highest BCUT2D eigenvalue weighted by Crippen LogP contribution is 2.31. The van der Waals surface area contributed by atoms with Crippen LogP contribution in [0.2, 0.25) is 0 Å². The standard InChI is InChI=1S/C15H24N2/c1-3-9-17(10-4-2)12-13-11-16-15-8-6-5-7-14(13)15/h5-8,13,16H,3-4,9-12H2,1-2H3. The summed E-state index contributed by atoms with van der Waals surface area (Å²) in [6, 6.07) is 8.74. The molecular formula is C15H24N2. The van der Waals surface area contributed by atoms with Gasteiger partial charge in [0.1, 0.15) is 0 Å². The van der Waals surface area contributed by atoms with Gasteiger partial charge in [-0.2, -0.15) is 0 Å². The average molecular weight is 232 g/mol. The van der Waals surface area contributed by atoms with Crippen molar-refractivity contribution < 1.29 is 0 Å². The predicted molar refractivity (Wildman–Crippen MR) is 74.7 cm³/mol. The Morgan fingerprint density at radius 3 is 2.59 bits per heavy atom. The molecule has 1 aliphatic rings. The van der Waals surface area contributed by atoms with Crippen LogP contribution in [-0.2, 0) is 0 Å². The highest BCUT2D eigenvalue weighted by Gasteiger charge is 2.23. The van der Waals surface area contributed by atoms with Crippen molar-refractivity contribution >= 4 is 5.69 Å². The zero-order valence-electron chi connectivity index (χ0n) is 11.1. The third-order valence-electron chi connectivity index (χ3n) is 3.50. The molecule has 2 rings (SSSR count). The highest BCUT2D eigenvalue weighted by molar-refractivity contribution is 5.57.